The Morgan fingerprint density at radius 1 is 1.19 bits per heavy atom. The number of benzene rings is 1. The fraction of sp³-hybridized carbons (Fsp3) is 0.588. The van der Waals surface area contributed by atoms with Crippen LogP contribution in [-0.4, -0.2) is 47.9 Å². The number of halogens is 1. The number of piperidine rings is 1. The summed E-state index contributed by atoms with van der Waals surface area (Å²) < 4.78 is 13.9. The number of nitrogens with zero attached hydrogens (tertiary/aromatic N) is 2. The Labute approximate surface area is 125 Å². The molecule has 0 N–H and O–H groups in total. The number of aryl methyl sites for hydroxylation is 1. The number of hydrogen-bond acceptors (Lipinski definition) is 2. The highest BCUT2D eigenvalue weighted by atomic mass is 19.1. The van der Waals surface area contributed by atoms with Gasteiger partial charge in [-0.25, -0.2) is 4.39 Å². The maximum Gasteiger partial charge on any atom is 0.256 e. The van der Waals surface area contributed by atoms with Crippen molar-refractivity contribution < 1.29 is 9.18 Å². The van der Waals surface area contributed by atoms with Crippen LogP contribution in [0.4, 0.5) is 4.39 Å². The van der Waals surface area contributed by atoms with Gasteiger partial charge in [0.05, 0.1) is 5.56 Å². The highest BCUT2D eigenvalue weighted by Crippen LogP contribution is 2.22. The van der Waals surface area contributed by atoms with Crippen LogP contribution < -0.4 is 0 Å². The standard InChI is InChI=1S/C17H23FN2O/c1-13-5-6-16(18)15(11-13)17(21)20-10-7-14(12-20)19-8-3-2-4-9-19/h5-6,11,14H,2-4,7-10,12H2,1H3. The molecular formula is C17H23FN2O. The van der Waals surface area contributed by atoms with Crippen LogP contribution in [0.2, 0.25) is 0 Å². The highest BCUT2D eigenvalue weighted by molar-refractivity contribution is 5.94. The Bertz CT molecular complexity index is 526. The van der Waals surface area contributed by atoms with Crippen LogP contribution in [0.1, 0.15) is 41.6 Å². The molecule has 2 aliphatic rings. The largest absolute Gasteiger partial charge is 0.337 e. The van der Waals surface area contributed by atoms with Crippen LogP contribution in [0.3, 0.4) is 0 Å². The molecule has 114 valence electrons. The zero-order valence-corrected chi connectivity index (χ0v) is 12.6. The molecule has 0 saturated carbocycles. The third-order valence-corrected chi connectivity index (χ3v) is 4.71. The lowest BCUT2D eigenvalue weighted by Crippen LogP contribution is -2.41. The van der Waals surface area contributed by atoms with Crippen LogP contribution in [0.5, 0.6) is 0 Å². The van der Waals surface area contributed by atoms with Gasteiger partial charge in [0.25, 0.3) is 5.91 Å². The lowest BCUT2D eigenvalue weighted by Gasteiger charge is -2.32. The minimum atomic E-state index is -0.410. The second kappa shape index (κ2) is 6.14. The van der Waals surface area contributed by atoms with E-state index in [4.69, 9.17) is 0 Å². The van der Waals surface area contributed by atoms with Gasteiger partial charge in [-0.1, -0.05) is 18.1 Å². The molecule has 1 aromatic rings. The topological polar surface area (TPSA) is 23.6 Å². The normalized spacial score (nSPS) is 23.5. The van der Waals surface area contributed by atoms with Crippen molar-refractivity contribution in [3.05, 3.63) is 35.1 Å². The van der Waals surface area contributed by atoms with Crippen molar-refractivity contribution in [2.75, 3.05) is 26.2 Å². The summed E-state index contributed by atoms with van der Waals surface area (Å²) in [6.45, 7) is 5.66. The zero-order valence-electron chi connectivity index (χ0n) is 12.6. The predicted molar refractivity (Wildman–Crippen MR) is 80.9 cm³/mol. The summed E-state index contributed by atoms with van der Waals surface area (Å²) >= 11 is 0. The summed E-state index contributed by atoms with van der Waals surface area (Å²) in [7, 11) is 0. The second-order valence-corrected chi connectivity index (χ2v) is 6.27. The van der Waals surface area contributed by atoms with Crippen molar-refractivity contribution in [2.24, 2.45) is 0 Å². The third kappa shape index (κ3) is 3.10. The van der Waals surface area contributed by atoms with E-state index in [0.717, 1.165) is 38.2 Å². The lowest BCUT2D eigenvalue weighted by molar-refractivity contribution is 0.0767. The van der Waals surface area contributed by atoms with Gasteiger partial charge >= 0.3 is 0 Å². The lowest BCUT2D eigenvalue weighted by atomic mass is 10.1. The molecule has 1 unspecified atom stereocenters. The molecule has 2 heterocycles. The average Bonchev–Trinajstić information content (AvgIpc) is 3.00. The van der Waals surface area contributed by atoms with Crippen molar-refractivity contribution in [1.29, 1.82) is 0 Å². The molecule has 1 atom stereocenters. The van der Waals surface area contributed by atoms with Crippen molar-refractivity contribution in [3.63, 3.8) is 0 Å². The molecule has 0 bridgehead atoms. The van der Waals surface area contributed by atoms with Crippen LogP contribution >= 0.6 is 0 Å². The van der Waals surface area contributed by atoms with Gasteiger partial charge < -0.3 is 4.90 Å². The van der Waals surface area contributed by atoms with Gasteiger partial charge in [-0.05, 0) is 51.4 Å². The molecule has 2 aliphatic heterocycles. The number of likely N-dealkylation sites (tertiary alicyclic amines) is 2. The molecule has 1 amide bonds. The zero-order chi connectivity index (χ0) is 14.8. The summed E-state index contributed by atoms with van der Waals surface area (Å²) in [5.41, 5.74) is 1.14. The summed E-state index contributed by atoms with van der Waals surface area (Å²) in [4.78, 5) is 16.8. The van der Waals surface area contributed by atoms with E-state index >= 15 is 0 Å². The van der Waals surface area contributed by atoms with Crippen molar-refractivity contribution in [3.8, 4) is 0 Å². The minimum absolute atomic E-state index is 0.157. The van der Waals surface area contributed by atoms with Gasteiger partial charge in [-0.2, -0.15) is 0 Å². The SMILES string of the molecule is Cc1ccc(F)c(C(=O)N2CCC(N3CCCCC3)C2)c1. The summed E-state index contributed by atoms with van der Waals surface area (Å²) in [6, 6.07) is 5.21. The molecule has 1 aromatic carbocycles. The number of rotatable bonds is 2. The fourth-order valence-electron chi connectivity index (χ4n) is 3.48. The summed E-state index contributed by atoms with van der Waals surface area (Å²) in [5.74, 6) is -0.567. The first-order valence-corrected chi connectivity index (χ1v) is 7.94. The first-order chi connectivity index (χ1) is 10.1. The minimum Gasteiger partial charge on any atom is -0.337 e. The van der Waals surface area contributed by atoms with E-state index in [1.54, 1.807) is 12.1 Å². The first-order valence-electron chi connectivity index (χ1n) is 7.94. The smallest absolute Gasteiger partial charge is 0.256 e. The Hall–Kier alpha value is -1.42. The van der Waals surface area contributed by atoms with E-state index in [-0.39, 0.29) is 11.5 Å². The van der Waals surface area contributed by atoms with Crippen LogP contribution in [0, 0.1) is 12.7 Å². The monoisotopic (exact) mass is 290 g/mol. The Morgan fingerprint density at radius 2 is 1.95 bits per heavy atom. The van der Waals surface area contributed by atoms with Gasteiger partial charge in [0.15, 0.2) is 0 Å². The summed E-state index contributed by atoms with van der Waals surface area (Å²) in [6.07, 6.45) is 4.85. The molecule has 0 aromatic heterocycles. The molecule has 2 saturated heterocycles. The van der Waals surface area contributed by atoms with Crippen LogP contribution in [0.15, 0.2) is 18.2 Å². The molecule has 4 heteroatoms. The van der Waals surface area contributed by atoms with E-state index in [1.165, 1.54) is 25.3 Å². The Morgan fingerprint density at radius 3 is 2.71 bits per heavy atom. The number of amides is 1. The maximum absolute atomic E-state index is 13.9. The van der Waals surface area contributed by atoms with Gasteiger partial charge in [0.2, 0.25) is 0 Å². The molecule has 0 aliphatic carbocycles. The molecule has 21 heavy (non-hydrogen) atoms. The van der Waals surface area contributed by atoms with E-state index < -0.39 is 5.82 Å². The number of hydrogen-bond donors (Lipinski definition) is 0. The third-order valence-electron chi connectivity index (χ3n) is 4.71. The van der Waals surface area contributed by atoms with Crippen molar-refractivity contribution in [2.45, 2.75) is 38.6 Å². The average molecular weight is 290 g/mol. The summed E-state index contributed by atoms with van der Waals surface area (Å²) in [5, 5.41) is 0. The molecule has 2 fully saturated rings. The second-order valence-electron chi connectivity index (χ2n) is 6.27. The first kappa shape index (κ1) is 14.5. The Balaban J connectivity index is 1.67. The quantitative estimate of drug-likeness (QED) is 0.836. The Kier molecular flexibility index (Phi) is 4.24. The molecule has 0 spiro atoms. The van der Waals surface area contributed by atoms with Gasteiger partial charge in [0.1, 0.15) is 5.82 Å². The van der Waals surface area contributed by atoms with E-state index in [1.807, 2.05) is 11.8 Å². The van der Waals surface area contributed by atoms with Gasteiger partial charge in [-0.15, -0.1) is 0 Å². The molecular weight excluding hydrogens is 267 g/mol. The predicted octanol–water partition coefficient (Wildman–Crippen LogP) is 2.83. The van der Waals surface area contributed by atoms with Gasteiger partial charge in [-0.3, -0.25) is 9.69 Å². The van der Waals surface area contributed by atoms with E-state index in [9.17, 15) is 9.18 Å². The fourth-order valence-corrected chi connectivity index (χ4v) is 3.48. The maximum atomic E-state index is 13.9. The highest BCUT2D eigenvalue weighted by Gasteiger charge is 2.32. The molecule has 0 radical (unpaired) electrons. The van der Waals surface area contributed by atoms with Gasteiger partial charge in [0, 0.05) is 19.1 Å². The number of carbonyl (C=O) groups excluding carboxylic acids is 1. The van der Waals surface area contributed by atoms with Crippen molar-refractivity contribution in [1.82, 2.24) is 9.80 Å². The van der Waals surface area contributed by atoms with Crippen molar-refractivity contribution >= 4 is 5.91 Å². The molecule has 3 rings (SSSR count). The van der Waals surface area contributed by atoms with E-state index in [0.29, 0.717) is 6.04 Å². The number of carbonyl (C=O) groups is 1. The van der Waals surface area contributed by atoms with Crippen LogP contribution in [-0.2, 0) is 0 Å². The van der Waals surface area contributed by atoms with E-state index in [2.05, 4.69) is 4.90 Å². The molecule has 3 nitrogen and oxygen atoms in total. The van der Waals surface area contributed by atoms with Crippen LogP contribution in [0.25, 0.3) is 0 Å².